The van der Waals surface area contributed by atoms with Crippen molar-refractivity contribution in [2.24, 2.45) is 9.98 Å². The normalized spacial score (nSPS) is 14.5. The summed E-state index contributed by atoms with van der Waals surface area (Å²) in [6.07, 6.45) is 21.2. The predicted octanol–water partition coefficient (Wildman–Crippen LogP) is 6.72. The molecule has 16 nitrogen and oxygen atoms in total. The molecule has 1 radical (unpaired) electrons. The Hall–Kier alpha value is -9.02. The van der Waals surface area contributed by atoms with E-state index >= 15 is 0 Å². The van der Waals surface area contributed by atoms with Gasteiger partial charge >= 0.3 is 0 Å². The van der Waals surface area contributed by atoms with Gasteiger partial charge in [-0.15, -0.1) is 0 Å². The molecule has 10 aromatic rings. The van der Waals surface area contributed by atoms with E-state index in [0.717, 1.165) is 89.4 Å². The molecule has 0 saturated heterocycles. The van der Waals surface area contributed by atoms with Gasteiger partial charge < -0.3 is 9.13 Å². The molecular weight excluding hydrogens is 1330 g/mol. The van der Waals surface area contributed by atoms with Gasteiger partial charge in [-0.3, -0.25) is 0 Å². The van der Waals surface area contributed by atoms with Gasteiger partial charge in [0.1, 0.15) is 6.67 Å². The summed E-state index contributed by atoms with van der Waals surface area (Å²) in [5.74, 6) is 0. The van der Waals surface area contributed by atoms with Crippen LogP contribution in [0.3, 0.4) is 0 Å². The second-order valence-corrected chi connectivity index (χ2v) is 31.7. The summed E-state index contributed by atoms with van der Waals surface area (Å²) in [6, 6.07) is 60.8. The molecule has 4 aromatic carbocycles. The van der Waals surface area contributed by atoms with Crippen LogP contribution in [0, 0.1) is 0 Å². The number of fused-ring (bicyclic) bond motifs is 2. The van der Waals surface area contributed by atoms with E-state index in [-0.39, 0.29) is 59.0 Å². The maximum atomic E-state index is 12.7. The Morgan fingerprint density at radius 2 is 0.606 bits per heavy atom. The van der Waals surface area contributed by atoms with Crippen molar-refractivity contribution in [1.29, 1.82) is 0 Å². The van der Waals surface area contributed by atoms with Gasteiger partial charge in [0.05, 0.1) is 86.8 Å². The first-order valence-electron chi connectivity index (χ1n) is 29.9. The molecule has 10 heterocycles. The quantitative estimate of drug-likeness (QED) is 0.0955. The summed E-state index contributed by atoms with van der Waals surface area (Å²) in [5.41, 5.74) is 14.6. The number of aromatic nitrogens is 6. The Morgan fingerprint density at radius 3 is 0.883 bits per heavy atom. The van der Waals surface area contributed by atoms with Crippen molar-refractivity contribution < 1.29 is 84.6 Å². The van der Waals surface area contributed by atoms with Crippen molar-refractivity contribution in [2.75, 3.05) is 25.0 Å². The van der Waals surface area contributed by atoms with E-state index in [4.69, 9.17) is 9.98 Å². The fraction of sp³-hybridized carbons (Fsp3) is 0.123. The van der Waals surface area contributed by atoms with Gasteiger partial charge in [-0.1, -0.05) is 48.5 Å². The average Bonchev–Trinajstić information content (AvgIpc) is 1.56. The molecule has 0 amide bonds. The first kappa shape index (κ1) is 63.7. The van der Waals surface area contributed by atoms with Crippen LogP contribution in [-0.2, 0) is 105 Å². The molecule has 0 spiro atoms. The minimum absolute atomic E-state index is 0. The smallest absolute Gasteiger partial charge is 0.217 e. The zero-order valence-electron chi connectivity index (χ0n) is 51.7. The third kappa shape index (κ3) is 12.5. The van der Waals surface area contributed by atoms with Crippen molar-refractivity contribution in [3.8, 4) is 0 Å². The van der Waals surface area contributed by atoms with Crippen LogP contribution in [0.15, 0.2) is 284 Å². The molecule has 6 aromatic heterocycles. The molecule has 14 rings (SSSR count). The first-order chi connectivity index (χ1) is 44.6. The van der Waals surface area contributed by atoms with E-state index in [1.165, 1.54) is 25.0 Å². The second-order valence-electron chi connectivity index (χ2n) is 23.7. The summed E-state index contributed by atoms with van der Waals surface area (Å²) in [4.78, 5) is 12.4. The molecular formula is C73H62N8O8S4Y+4. The fourth-order valence-electron chi connectivity index (χ4n) is 12.6. The van der Waals surface area contributed by atoms with Crippen molar-refractivity contribution in [3.05, 3.63) is 322 Å². The number of sulfone groups is 4. The molecule has 0 N–H and O–H groups in total. The summed E-state index contributed by atoms with van der Waals surface area (Å²) in [6.45, 7) is 1.76. The van der Waals surface area contributed by atoms with E-state index in [1.54, 1.807) is 48.5 Å². The summed E-state index contributed by atoms with van der Waals surface area (Å²) < 4.78 is 115. The minimum Gasteiger partial charge on any atom is -0.321 e. The number of allylic oxidation sites excluding steroid dienone is 4. The Bertz CT molecular complexity index is 5270. The molecule has 0 aliphatic carbocycles. The van der Waals surface area contributed by atoms with Crippen molar-refractivity contribution >= 4 is 73.1 Å². The molecule has 21 heteroatoms. The van der Waals surface area contributed by atoms with Crippen LogP contribution in [0.5, 0.6) is 0 Å². The van der Waals surface area contributed by atoms with E-state index in [0.29, 0.717) is 49.0 Å². The largest absolute Gasteiger partial charge is 0.321 e. The van der Waals surface area contributed by atoms with Gasteiger partial charge in [0.25, 0.3) is 0 Å². The number of hydrogen-bond acceptors (Lipinski definition) is 10. The van der Waals surface area contributed by atoms with Crippen LogP contribution in [0.1, 0.15) is 56.4 Å². The number of aliphatic imine (C=N–C) groups is 2. The van der Waals surface area contributed by atoms with Crippen molar-refractivity contribution in [3.63, 3.8) is 0 Å². The van der Waals surface area contributed by atoms with Crippen LogP contribution in [0.2, 0.25) is 0 Å². The molecule has 4 aliphatic heterocycles. The van der Waals surface area contributed by atoms with E-state index < -0.39 is 39.3 Å². The fourth-order valence-corrected chi connectivity index (χ4v) is 15.2. The van der Waals surface area contributed by atoms with Gasteiger partial charge in [-0.05, 0) is 121 Å². The zero-order chi connectivity index (χ0) is 64.6. The van der Waals surface area contributed by atoms with Crippen molar-refractivity contribution in [2.45, 2.75) is 52.4 Å². The van der Waals surface area contributed by atoms with Gasteiger partial charge in [0.2, 0.25) is 22.8 Å². The summed E-state index contributed by atoms with van der Waals surface area (Å²) in [5, 5.41) is 1.67. The van der Waals surface area contributed by atoms with Crippen molar-refractivity contribution in [1.82, 2.24) is 9.13 Å². The monoisotopic (exact) mass is 1400 g/mol. The van der Waals surface area contributed by atoms with Crippen LogP contribution in [-0.4, -0.2) is 79.3 Å². The van der Waals surface area contributed by atoms with Gasteiger partial charge in [0.15, 0.2) is 90.3 Å². The maximum absolute atomic E-state index is 12.7. The maximum Gasteiger partial charge on any atom is 0.217 e. The number of benzene rings is 4. The topological polar surface area (TPSA) is 187 Å². The van der Waals surface area contributed by atoms with Crippen LogP contribution in [0.25, 0.3) is 22.3 Å². The predicted molar refractivity (Wildman–Crippen MR) is 355 cm³/mol. The average molecular weight is 1400 g/mol. The molecule has 6 bridgehead atoms. The minimum atomic E-state index is -3.46. The third-order valence-corrected chi connectivity index (χ3v) is 21.7. The van der Waals surface area contributed by atoms with Gasteiger partial charge in [0, 0.05) is 129 Å². The van der Waals surface area contributed by atoms with Crippen LogP contribution in [0.4, 0.5) is 0 Å². The first-order valence-corrected chi connectivity index (χ1v) is 37.5. The van der Waals surface area contributed by atoms with E-state index in [9.17, 15) is 33.7 Å². The Labute approximate surface area is 571 Å². The number of rotatable bonds is 16. The second kappa shape index (κ2) is 25.0. The number of nitrogens with zero attached hydrogens (tertiary/aromatic N) is 8. The molecule has 4 aliphatic rings. The molecule has 0 unspecified atom stereocenters. The van der Waals surface area contributed by atoms with E-state index in [1.807, 2.05) is 122 Å². The van der Waals surface area contributed by atoms with Crippen LogP contribution < -0.4 is 29.0 Å². The molecule has 0 atom stereocenters. The standard InChI is InChI=1S/C73H62N8O8S4.Y/c1-90(82,83)54-25-17-50(18-26-54)45-76-41-9-5-13-62(76)70-58-33-34-59(74-58)71(63-14-6-10-42-77(63)46-51-19-27-55(28-20-51)91(2,84)85)68-39-40-69-73(65-16-8-12-44-79(65)48-53-23-31-57(32-24-53)93(4,88)89)61-36-35-60(75-61)72(67-38-37-66(70)80(67)49-81(68)69)64-15-7-11-43-78(64)47-52-21-29-56(30-22-52)92(3,86)87;/h5-44H,45-49H2,1-4H3;/q+4;. The molecule has 0 fully saturated rings. The third-order valence-electron chi connectivity index (χ3n) is 17.2. The SMILES string of the molecule is CS(=O)(=O)c1ccc(C[n+]2ccccc2C2=C3C=CC(=N3)C(c3cccc[n+]3Cc3ccc(S(C)(=O)=O)cc3)=c3ccc4n3Cn3c2ccc3C(c2cccc[n+]2Cc2ccc(S(C)(=O)=O)cc2)=C2C=CC(=N2)C=4c2cccc[n+]2Cc2ccc(S(C)(=O)=O)cc2)cc1.[Y]. The Balaban J connectivity index is 0.00000803. The molecule has 94 heavy (non-hydrogen) atoms. The van der Waals surface area contributed by atoms with Gasteiger partial charge in [-0.25, -0.2) is 43.7 Å². The Morgan fingerprint density at radius 1 is 0.330 bits per heavy atom. The zero-order valence-corrected chi connectivity index (χ0v) is 57.8. The van der Waals surface area contributed by atoms with E-state index in [2.05, 4.69) is 100 Å². The van der Waals surface area contributed by atoms with Gasteiger partial charge in [-0.2, -0.15) is 18.3 Å². The number of hydrogen-bond donors (Lipinski definition) is 0. The summed E-state index contributed by atoms with van der Waals surface area (Å²) in [7, 11) is -13.8. The molecule has 0 saturated carbocycles. The molecule has 465 valence electrons. The Kier molecular flexibility index (Phi) is 17.0. The van der Waals surface area contributed by atoms with Crippen LogP contribution >= 0.6 is 0 Å². The summed E-state index contributed by atoms with van der Waals surface area (Å²) >= 11 is 0. The number of pyridine rings is 4.